The molecule has 3 amide bonds. The molecule has 1 heterocycles. The predicted molar refractivity (Wildman–Crippen MR) is 99.7 cm³/mol. The maximum Gasteiger partial charge on any atom is 0.410 e. The lowest BCUT2D eigenvalue weighted by molar-refractivity contribution is 0.103. The van der Waals surface area contributed by atoms with Crippen LogP contribution in [0.3, 0.4) is 0 Å². The first-order valence-electron chi connectivity index (χ1n) is 8.70. The van der Waals surface area contributed by atoms with E-state index in [1.54, 1.807) is 4.90 Å². The molecule has 0 bridgehead atoms. The van der Waals surface area contributed by atoms with Crippen LogP contribution < -0.4 is 10.6 Å². The highest BCUT2D eigenvalue weighted by Gasteiger charge is 2.34. The molecule has 1 aliphatic heterocycles. The quantitative estimate of drug-likeness (QED) is 0.884. The van der Waals surface area contributed by atoms with Crippen LogP contribution in [0.1, 0.15) is 12.5 Å². The zero-order chi connectivity index (χ0) is 18.4. The minimum Gasteiger partial charge on any atom is -0.445 e. The lowest BCUT2D eigenvalue weighted by Gasteiger charge is -2.17. The van der Waals surface area contributed by atoms with E-state index in [1.165, 1.54) is 0 Å². The maximum absolute atomic E-state index is 12.3. The Bertz CT molecular complexity index is 736. The van der Waals surface area contributed by atoms with Crippen molar-refractivity contribution in [1.29, 1.82) is 0 Å². The molecule has 0 aromatic heterocycles. The van der Waals surface area contributed by atoms with Gasteiger partial charge in [-0.1, -0.05) is 55.5 Å². The fraction of sp³-hybridized carbons (Fsp3) is 0.300. The van der Waals surface area contributed by atoms with Gasteiger partial charge in [-0.3, -0.25) is 0 Å². The number of nitrogens with zero attached hydrogens (tertiary/aromatic N) is 1. The summed E-state index contributed by atoms with van der Waals surface area (Å²) in [6.07, 6.45) is -0.353. The van der Waals surface area contributed by atoms with Gasteiger partial charge in [-0.05, 0) is 23.6 Å². The number of nitrogens with one attached hydrogen (secondary N) is 2. The molecule has 2 aromatic rings. The third-order valence-electron chi connectivity index (χ3n) is 4.42. The van der Waals surface area contributed by atoms with Crippen molar-refractivity contribution >= 4 is 17.8 Å². The minimum absolute atomic E-state index is 0.108. The van der Waals surface area contributed by atoms with Crippen LogP contribution in [0, 0.1) is 5.92 Å². The summed E-state index contributed by atoms with van der Waals surface area (Å²) in [6, 6.07) is 18.4. The first-order valence-corrected chi connectivity index (χ1v) is 8.70. The molecule has 0 radical (unpaired) electrons. The molecule has 6 heteroatoms. The molecule has 0 saturated carbocycles. The monoisotopic (exact) mass is 353 g/mol. The number of hydrogen-bond donors (Lipinski definition) is 2. The molecule has 1 aliphatic rings. The predicted octanol–water partition coefficient (Wildman–Crippen LogP) is 3.47. The third-order valence-corrected chi connectivity index (χ3v) is 4.42. The van der Waals surface area contributed by atoms with Gasteiger partial charge in [-0.15, -0.1) is 0 Å². The molecule has 1 fully saturated rings. The number of ether oxygens (including phenoxy) is 1. The van der Waals surface area contributed by atoms with Gasteiger partial charge in [0.1, 0.15) is 6.61 Å². The standard InChI is InChI=1S/C20H23N3O3/c1-15-12-23(20(25)26-14-16-8-4-2-5-9-16)13-18(15)22-19(24)21-17-10-6-3-7-11-17/h2-11,15,18H,12-14H2,1H3,(H2,21,22,24)/t15-,18+/m1/s1. The summed E-state index contributed by atoms with van der Waals surface area (Å²) < 4.78 is 5.37. The van der Waals surface area contributed by atoms with Crippen molar-refractivity contribution in [1.82, 2.24) is 10.2 Å². The van der Waals surface area contributed by atoms with Crippen LogP contribution in [0.15, 0.2) is 60.7 Å². The molecule has 0 unspecified atom stereocenters. The first kappa shape index (κ1) is 17.8. The van der Waals surface area contributed by atoms with Gasteiger partial charge < -0.3 is 20.3 Å². The molecule has 2 atom stereocenters. The van der Waals surface area contributed by atoms with E-state index >= 15 is 0 Å². The topological polar surface area (TPSA) is 70.7 Å². The molecule has 1 saturated heterocycles. The average Bonchev–Trinajstić information content (AvgIpc) is 3.02. The highest BCUT2D eigenvalue weighted by molar-refractivity contribution is 5.89. The largest absolute Gasteiger partial charge is 0.445 e. The smallest absolute Gasteiger partial charge is 0.410 e. The van der Waals surface area contributed by atoms with E-state index in [9.17, 15) is 9.59 Å². The van der Waals surface area contributed by atoms with Gasteiger partial charge in [0.15, 0.2) is 0 Å². The summed E-state index contributed by atoms with van der Waals surface area (Å²) >= 11 is 0. The number of carbonyl (C=O) groups excluding carboxylic acids is 2. The molecule has 26 heavy (non-hydrogen) atoms. The Morgan fingerprint density at radius 2 is 1.69 bits per heavy atom. The Hall–Kier alpha value is -3.02. The van der Waals surface area contributed by atoms with Crippen LogP contribution >= 0.6 is 0 Å². The average molecular weight is 353 g/mol. The van der Waals surface area contributed by atoms with Gasteiger partial charge in [-0.25, -0.2) is 9.59 Å². The number of rotatable bonds is 4. The lowest BCUT2D eigenvalue weighted by atomic mass is 10.1. The SMILES string of the molecule is C[C@@H]1CN(C(=O)OCc2ccccc2)C[C@@H]1NC(=O)Nc1ccccc1. The zero-order valence-corrected chi connectivity index (χ0v) is 14.7. The van der Waals surface area contributed by atoms with Crippen molar-refractivity contribution < 1.29 is 14.3 Å². The minimum atomic E-state index is -0.353. The molecule has 0 spiro atoms. The van der Waals surface area contributed by atoms with Gasteiger partial charge >= 0.3 is 12.1 Å². The Labute approximate surface area is 153 Å². The van der Waals surface area contributed by atoms with Crippen molar-refractivity contribution in [2.45, 2.75) is 19.6 Å². The summed E-state index contributed by atoms with van der Waals surface area (Å²) in [4.78, 5) is 26.0. The van der Waals surface area contributed by atoms with E-state index in [2.05, 4.69) is 10.6 Å². The Kier molecular flexibility index (Phi) is 5.73. The number of carbonyl (C=O) groups is 2. The fourth-order valence-corrected chi connectivity index (χ4v) is 2.97. The summed E-state index contributed by atoms with van der Waals surface area (Å²) in [5, 5.41) is 5.73. The number of amides is 3. The number of para-hydroxylation sites is 1. The molecule has 0 aliphatic carbocycles. The summed E-state index contributed by atoms with van der Waals surface area (Å²) in [5.41, 5.74) is 1.68. The fourth-order valence-electron chi connectivity index (χ4n) is 2.97. The lowest BCUT2D eigenvalue weighted by Crippen LogP contribution is -2.42. The summed E-state index contributed by atoms with van der Waals surface area (Å²) in [7, 11) is 0. The van der Waals surface area contributed by atoms with E-state index < -0.39 is 0 Å². The number of urea groups is 1. The van der Waals surface area contributed by atoms with Gasteiger partial charge in [0.25, 0.3) is 0 Å². The second-order valence-corrected chi connectivity index (χ2v) is 6.49. The van der Waals surface area contributed by atoms with Crippen LogP contribution in [-0.4, -0.2) is 36.2 Å². The van der Waals surface area contributed by atoms with E-state index in [-0.39, 0.29) is 30.7 Å². The molecule has 3 rings (SSSR count). The second kappa shape index (κ2) is 8.38. The van der Waals surface area contributed by atoms with E-state index in [0.29, 0.717) is 13.1 Å². The molecule has 6 nitrogen and oxygen atoms in total. The number of hydrogen-bond acceptors (Lipinski definition) is 3. The Balaban J connectivity index is 1.47. The van der Waals surface area contributed by atoms with E-state index in [1.807, 2.05) is 67.6 Å². The molecule has 2 N–H and O–H groups in total. The summed E-state index contributed by atoms with van der Waals surface area (Å²) in [6.45, 7) is 3.26. The second-order valence-electron chi connectivity index (χ2n) is 6.49. The molecule has 2 aromatic carbocycles. The van der Waals surface area contributed by atoms with Crippen molar-refractivity contribution in [3.8, 4) is 0 Å². The highest BCUT2D eigenvalue weighted by Crippen LogP contribution is 2.18. The van der Waals surface area contributed by atoms with Crippen molar-refractivity contribution in [2.24, 2.45) is 5.92 Å². The molecular weight excluding hydrogens is 330 g/mol. The van der Waals surface area contributed by atoms with E-state index in [4.69, 9.17) is 4.74 Å². The Morgan fingerprint density at radius 3 is 2.38 bits per heavy atom. The zero-order valence-electron chi connectivity index (χ0n) is 14.7. The van der Waals surface area contributed by atoms with Crippen LogP contribution in [-0.2, 0) is 11.3 Å². The molecule has 136 valence electrons. The highest BCUT2D eigenvalue weighted by atomic mass is 16.6. The van der Waals surface area contributed by atoms with Crippen LogP contribution in [0.25, 0.3) is 0 Å². The van der Waals surface area contributed by atoms with Crippen LogP contribution in [0.5, 0.6) is 0 Å². The number of anilines is 1. The summed E-state index contributed by atoms with van der Waals surface area (Å²) in [5.74, 6) is 0.154. The molecular formula is C20H23N3O3. The third kappa shape index (κ3) is 4.75. The van der Waals surface area contributed by atoms with Crippen molar-refractivity contribution in [2.75, 3.05) is 18.4 Å². The normalized spacial score (nSPS) is 19.0. The van der Waals surface area contributed by atoms with Crippen LogP contribution in [0.4, 0.5) is 15.3 Å². The number of likely N-dealkylation sites (tertiary alicyclic amines) is 1. The van der Waals surface area contributed by atoms with E-state index in [0.717, 1.165) is 11.3 Å². The van der Waals surface area contributed by atoms with Crippen LogP contribution in [0.2, 0.25) is 0 Å². The first-order chi connectivity index (χ1) is 12.6. The van der Waals surface area contributed by atoms with Gasteiger partial charge in [0.2, 0.25) is 0 Å². The van der Waals surface area contributed by atoms with Crippen molar-refractivity contribution in [3.05, 3.63) is 66.2 Å². The Morgan fingerprint density at radius 1 is 1.04 bits per heavy atom. The van der Waals surface area contributed by atoms with Gasteiger partial charge in [0.05, 0.1) is 6.04 Å². The maximum atomic E-state index is 12.3. The van der Waals surface area contributed by atoms with Gasteiger partial charge in [0, 0.05) is 18.8 Å². The van der Waals surface area contributed by atoms with Gasteiger partial charge in [-0.2, -0.15) is 0 Å². The number of benzene rings is 2. The van der Waals surface area contributed by atoms with Crippen molar-refractivity contribution in [3.63, 3.8) is 0 Å².